The molecule has 1 heterocycles. The van der Waals surface area contributed by atoms with Gasteiger partial charge in [-0.25, -0.2) is 9.18 Å². The average Bonchev–Trinajstić information content (AvgIpc) is 2.76. The maximum atomic E-state index is 14.0. The minimum absolute atomic E-state index is 0.0250. The molecule has 2 fully saturated rings. The molecule has 1 aromatic rings. The Bertz CT molecular complexity index is 689. The summed E-state index contributed by atoms with van der Waals surface area (Å²) in [6, 6.07) is 4.98. The van der Waals surface area contributed by atoms with Gasteiger partial charge in [-0.3, -0.25) is 14.5 Å². The van der Waals surface area contributed by atoms with Crippen molar-refractivity contribution in [1.29, 1.82) is 0 Å². The van der Waals surface area contributed by atoms with E-state index in [1.54, 1.807) is 0 Å². The van der Waals surface area contributed by atoms with Crippen molar-refractivity contribution in [3.05, 3.63) is 29.8 Å². The van der Waals surface area contributed by atoms with Crippen LogP contribution in [0.2, 0.25) is 0 Å². The van der Waals surface area contributed by atoms with Crippen molar-refractivity contribution in [2.45, 2.75) is 43.8 Å². The number of nitrogens with one attached hydrogen (secondary N) is 1. The highest BCUT2D eigenvalue weighted by Crippen LogP contribution is 2.40. The number of hydrogen-bond acceptors (Lipinski definition) is 4. The second-order valence-electron chi connectivity index (χ2n) is 6.79. The number of carbonyl (C=O) groups excluding carboxylic acids is 3. The van der Waals surface area contributed by atoms with Gasteiger partial charge in [-0.05, 0) is 56.9 Å². The normalized spacial score (nSPS) is 29.8. The summed E-state index contributed by atoms with van der Waals surface area (Å²) in [4.78, 5) is 38.0. The van der Waals surface area contributed by atoms with Crippen molar-refractivity contribution >= 4 is 17.7 Å². The van der Waals surface area contributed by atoms with E-state index in [-0.39, 0.29) is 38.0 Å². The first kappa shape index (κ1) is 16.4. The average molecular weight is 334 g/mol. The van der Waals surface area contributed by atoms with Crippen LogP contribution in [-0.4, -0.2) is 45.5 Å². The lowest BCUT2D eigenvalue weighted by Crippen LogP contribution is -2.52. The molecule has 2 aliphatic rings. The largest absolute Gasteiger partial charge is 0.508 e. The number of amides is 3. The molecule has 3 amide bonds. The molecule has 3 rings (SSSR count). The predicted octanol–water partition coefficient (Wildman–Crippen LogP) is 2.17. The number of rotatable bonds is 3. The predicted molar refractivity (Wildman–Crippen MR) is 83.4 cm³/mol. The number of aromatic hydroxyl groups is 1. The number of hydrogen-bond donors (Lipinski definition) is 2. The molecule has 0 aromatic heterocycles. The van der Waals surface area contributed by atoms with Crippen molar-refractivity contribution in [1.82, 2.24) is 10.2 Å². The van der Waals surface area contributed by atoms with Crippen LogP contribution >= 0.6 is 0 Å². The van der Waals surface area contributed by atoms with Crippen molar-refractivity contribution in [2.24, 2.45) is 0 Å². The lowest BCUT2D eigenvalue weighted by Gasteiger charge is -2.36. The minimum atomic E-state index is -1.33. The molecule has 0 unspecified atom stereocenters. The molecule has 1 spiro atoms. The number of ketones is 1. The molecule has 6 nitrogen and oxygen atoms in total. The van der Waals surface area contributed by atoms with Gasteiger partial charge in [0.15, 0.2) is 5.78 Å². The van der Waals surface area contributed by atoms with Crippen molar-refractivity contribution in [3.8, 4) is 5.75 Å². The standard InChI is InChI=1S/C17H19FN2O4/c1-16(18)6-8-17(9-7-16)14(23)20(15(24)19-17)10-13(22)11-2-4-12(21)5-3-11/h2-5,21H,6-10H2,1H3,(H,19,24). The fourth-order valence-corrected chi connectivity index (χ4v) is 3.24. The molecule has 0 radical (unpaired) electrons. The molecule has 24 heavy (non-hydrogen) atoms. The van der Waals surface area contributed by atoms with Crippen LogP contribution in [0.3, 0.4) is 0 Å². The Hall–Kier alpha value is -2.44. The zero-order valence-electron chi connectivity index (χ0n) is 13.3. The third-order valence-corrected chi connectivity index (χ3v) is 4.88. The van der Waals surface area contributed by atoms with Gasteiger partial charge in [0.1, 0.15) is 17.0 Å². The molecular weight excluding hydrogens is 315 g/mol. The van der Waals surface area contributed by atoms with Crippen LogP contribution in [0.5, 0.6) is 5.75 Å². The number of phenolic OH excluding ortho intramolecular Hbond substituents is 1. The number of imide groups is 1. The highest BCUT2D eigenvalue weighted by atomic mass is 19.1. The molecule has 1 saturated heterocycles. The van der Waals surface area contributed by atoms with Crippen molar-refractivity contribution in [2.75, 3.05) is 6.54 Å². The fraction of sp³-hybridized carbons (Fsp3) is 0.471. The Balaban J connectivity index is 1.73. The molecule has 1 aliphatic carbocycles. The monoisotopic (exact) mass is 334 g/mol. The molecule has 1 saturated carbocycles. The highest BCUT2D eigenvalue weighted by molar-refractivity contribution is 6.11. The first-order valence-corrected chi connectivity index (χ1v) is 7.88. The second kappa shape index (κ2) is 5.58. The van der Waals surface area contributed by atoms with Gasteiger partial charge in [-0.15, -0.1) is 0 Å². The maximum absolute atomic E-state index is 14.0. The van der Waals surface area contributed by atoms with Gasteiger partial charge in [0.05, 0.1) is 6.54 Å². The van der Waals surface area contributed by atoms with E-state index in [1.165, 1.54) is 31.2 Å². The van der Waals surface area contributed by atoms with E-state index in [1.807, 2.05) is 0 Å². The first-order valence-electron chi connectivity index (χ1n) is 7.88. The van der Waals surface area contributed by atoms with E-state index in [9.17, 15) is 23.9 Å². The molecule has 1 aliphatic heterocycles. The number of phenols is 1. The maximum Gasteiger partial charge on any atom is 0.325 e. The Morgan fingerprint density at radius 3 is 2.38 bits per heavy atom. The summed E-state index contributed by atoms with van der Waals surface area (Å²) in [6.45, 7) is 1.12. The Kier molecular flexibility index (Phi) is 3.81. The van der Waals surface area contributed by atoms with Crippen molar-refractivity contribution < 1.29 is 23.9 Å². The summed E-state index contributed by atoms with van der Waals surface area (Å²) >= 11 is 0. The van der Waals surface area contributed by atoms with E-state index in [0.29, 0.717) is 5.56 Å². The van der Waals surface area contributed by atoms with Gasteiger partial charge in [-0.2, -0.15) is 0 Å². The Labute approximate surface area is 138 Å². The van der Waals surface area contributed by atoms with E-state index >= 15 is 0 Å². The third-order valence-electron chi connectivity index (χ3n) is 4.88. The Morgan fingerprint density at radius 1 is 1.21 bits per heavy atom. The molecule has 7 heteroatoms. The zero-order chi connectivity index (χ0) is 17.5. The second-order valence-corrected chi connectivity index (χ2v) is 6.79. The fourth-order valence-electron chi connectivity index (χ4n) is 3.24. The number of benzene rings is 1. The van der Waals surface area contributed by atoms with Gasteiger partial charge >= 0.3 is 6.03 Å². The Morgan fingerprint density at radius 2 is 1.79 bits per heavy atom. The summed E-state index contributed by atoms with van der Waals surface area (Å²) < 4.78 is 14.0. The van der Waals surface area contributed by atoms with Gasteiger partial charge < -0.3 is 10.4 Å². The molecule has 2 N–H and O–H groups in total. The number of alkyl halides is 1. The summed E-state index contributed by atoms with van der Waals surface area (Å²) in [5.41, 5.74) is -2.11. The smallest absolute Gasteiger partial charge is 0.325 e. The van der Waals surface area contributed by atoms with E-state index < -0.39 is 28.9 Å². The highest BCUT2D eigenvalue weighted by Gasteiger charge is 2.54. The quantitative estimate of drug-likeness (QED) is 0.655. The summed E-state index contributed by atoms with van der Waals surface area (Å²) in [6.07, 6.45) is 0.848. The SMILES string of the molecule is CC1(F)CCC2(CC1)NC(=O)N(CC(=O)c1ccc(O)cc1)C2=O. The third kappa shape index (κ3) is 2.86. The van der Waals surface area contributed by atoms with Gasteiger partial charge in [0.25, 0.3) is 5.91 Å². The van der Waals surface area contributed by atoms with E-state index in [2.05, 4.69) is 5.32 Å². The zero-order valence-corrected chi connectivity index (χ0v) is 13.3. The lowest BCUT2D eigenvalue weighted by atomic mass is 9.75. The number of nitrogens with zero attached hydrogens (tertiary/aromatic N) is 1. The number of urea groups is 1. The lowest BCUT2D eigenvalue weighted by molar-refractivity contribution is -0.133. The van der Waals surface area contributed by atoms with Crippen LogP contribution in [0, 0.1) is 0 Å². The molecule has 0 bridgehead atoms. The van der Waals surface area contributed by atoms with Crippen LogP contribution in [0.25, 0.3) is 0 Å². The van der Waals surface area contributed by atoms with Crippen LogP contribution in [0.4, 0.5) is 9.18 Å². The number of halogens is 1. The van der Waals surface area contributed by atoms with Gasteiger partial charge in [0, 0.05) is 5.56 Å². The molecule has 128 valence electrons. The van der Waals surface area contributed by atoms with Crippen molar-refractivity contribution in [3.63, 3.8) is 0 Å². The van der Waals surface area contributed by atoms with Gasteiger partial charge in [-0.1, -0.05) is 0 Å². The molecule has 0 atom stereocenters. The molecular formula is C17H19FN2O4. The van der Waals surface area contributed by atoms with Gasteiger partial charge in [0.2, 0.25) is 0 Å². The van der Waals surface area contributed by atoms with Crippen LogP contribution in [0.15, 0.2) is 24.3 Å². The summed E-state index contributed by atoms with van der Waals surface area (Å²) in [7, 11) is 0. The topological polar surface area (TPSA) is 86.7 Å². The van der Waals surface area contributed by atoms with E-state index in [4.69, 9.17) is 0 Å². The number of carbonyl (C=O) groups is 3. The number of Topliss-reactive ketones (excluding diaryl/α,β-unsaturated/α-hetero) is 1. The van der Waals surface area contributed by atoms with Crippen LogP contribution < -0.4 is 5.32 Å². The first-order chi connectivity index (χ1) is 11.2. The minimum Gasteiger partial charge on any atom is -0.508 e. The summed E-state index contributed by atoms with van der Waals surface area (Å²) in [5.74, 6) is -0.839. The van der Waals surface area contributed by atoms with Crippen LogP contribution in [-0.2, 0) is 4.79 Å². The van der Waals surface area contributed by atoms with Crippen LogP contribution in [0.1, 0.15) is 43.0 Å². The van der Waals surface area contributed by atoms with E-state index in [0.717, 1.165) is 4.90 Å². The molecule has 1 aromatic carbocycles. The summed E-state index contributed by atoms with van der Waals surface area (Å²) in [5, 5.41) is 11.9.